The van der Waals surface area contributed by atoms with E-state index in [-0.39, 0.29) is 6.04 Å². The lowest BCUT2D eigenvalue weighted by atomic mass is 9.92. The highest BCUT2D eigenvalue weighted by molar-refractivity contribution is 7.70. The Balaban J connectivity index is 1.56. The van der Waals surface area contributed by atoms with Crippen LogP contribution >= 0.6 is 0 Å². The molecule has 0 bridgehead atoms. The normalized spacial score (nSPS) is 20.1. The van der Waals surface area contributed by atoms with Gasteiger partial charge in [-0.2, -0.15) is 5.10 Å². The maximum atomic E-state index is 12.5. The second kappa shape index (κ2) is 10.3. The third-order valence-corrected chi connectivity index (χ3v) is 6.34. The van der Waals surface area contributed by atoms with Crippen molar-refractivity contribution in [2.45, 2.75) is 19.0 Å². The smallest absolute Gasteiger partial charge is 0.261 e. The number of nitrogens with zero attached hydrogens (tertiary/aromatic N) is 5. The quantitative estimate of drug-likeness (QED) is 0.435. The van der Waals surface area contributed by atoms with E-state index in [1.54, 1.807) is 11.6 Å². The topological polar surface area (TPSA) is 136 Å². The van der Waals surface area contributed by atoms with Crippen LogP contribution in [-0.2, 0) is 26.4 Å². The van der Waals surface area contributed by atoms with Gasteiger partial charge >= 0.3 is 0 Å². The Hall–Kier alpha value is -3.06. The van der Waals surface area contributed by atoms with E-state index in [1.165, 1.54) is 13.4 Å². The summed E-state index contributed by atoms with van der Waals surface area (Å²) in [6.07, 6.45) is 4.00. The molecule has 1 aliphatic heterocycles. The van der Waals surface area contributed by atoms with Crippen LogP contribution in [0.1, 0.15) is 12.0 Å². The molecule has 1 fully saturated rings. The Morgan fingerprint density at radius 1 is 1.36 bits per heavy atom. The van der Waals surface area contributed by atoms with Gasteiger partial charge in [0.2, 0.25) is 0 Å². The Morgan fingerprint density at radius 2 is 2.21 bits per heavy atom. The molecule has 3 N–H and O–H groups in total. The maximum absolute atomic E-state index is 12.5. The number of rotatable bonds is 7. The highest BCUT2D eigenvalue weighted by Gasteiger charge is 2.32. The first-order chi connectivity index (χ1) is 16.0. The molecule has 0 aliphatic carbocycles. The number of hydrogen-bond acceptors (Lipinski definition) is 9. The number of aromatic nitrogens is 3. The van der Waals surface area contributed by atoms with Gasteiger partial charge in [0.1, 0.15) is 17.6 Å². The molecular formula is C21H27N7O4S. The van der Waals surface area contributed by atoms with Gasteiger partial charge in [-0.1, -0.05) is 6.07 Å². The summed E-state index contributed by atoms with van der Waals surface area (Å²) in [7, 11) is 0.513. The number of ether oxygens (including phenoxy) is 1. The number of hydrogen-bond donors (Lipinski definition) is 3. The van der Waals surface area contributed by atoms with Crippen molar-refractivity contribution in [1.82, 2.24) is 19.5 Å². The lowest BCUT2D eigenvalue weighted by molar-refractivity contribution is -0.123. The monoisotopic (exact) mass is 473 g/mol. The van der Waals surface area contributed by atoms with Crippen molar-refractivity contribution in [2.75, 3.05) is 32.6 Å². The zero-order valence-corrected chi connectivity index (χ0v) is 19.3. The maximum Gasteiger partial charge on any atom is 0.261 e. The fourth-order valence-corrected chi connectivity index (χ4v) is 4.34. The summed E-state index contributed by atoms with van der Waals surface area (Å²) in [5.41, 5.74) is 8.85. The summed E-state index contributed by atoms with van der Waals surface area (Å²) >= 11 is 0. The van der Waals surface area contributed by atoms with Crippen LogP contribution < -0.4 is 15.8 Å². The van der Waals surface area contributed by atoms with Crippen LogP contribution in [0.4, 0.5) is 11.5 Å². The first-order valence-corrected chi connectivity index (χ1v) is 11.6. The van der Waals surface area contributed by atoms with Crippen LogP contribution in [-0.4, -0.2) is 63.0 Å². The Kier molecular flexibility index (Phi) is 7.18. The molecule has 0 radical (unpaired) electrons. The molecule has 3 heterocycles. The molecule has 11 nitrogen and oxygen atoms in total. The number of nitrogens with one attached hydrogen (secondary N) is 1. The van der Waals surface area contributed by atoms with Crippen LogP contribution in [0, 0.1) is 5.92 Å². The third kappa shape index (κ3) is 5.30. The van der Waals surface area contributed by atoms with E-state index in [9.17, 15) is 9.00 Å². The molecule has 1 amide bonds. The van der Waals surface area contributed by atoms with Crippen molar-refractivity contribution in [3.05, 3.63) is 48.4 Å². The van der Waals surface area contributed by atoms with Gasteiger partial charge < -0.3 is 15.8 Å². The zero-order chi connectivity index (χ0) is 23.4. The summed E-state index contributed by atoms with van der Waals surface area (Å²) in [4.78, 5) is 19.0. The third-order valence-electron chi connectivity index (χ3n) is 5.67. The van der Waals surface area contributed by atoms with E-state index in [1.807, 2.05) is 36.5 Å². The number of thiol groups is 1. The van der Waals surface area contributed by atoms with E-state index < -0.39 is 22.7 Å². The number of carbonyl (C=O) groups is 1. The van der Waals surface area contributed by atoms with Gasteiger partial charge in [-0.15, -0.1) is 4.36 Å². The number of anilines is 2. The van der Waals surface area contributed by atoms with Crippen molar-refractivity contribution >= 4 is 33.8 Å². The molecule has 1 saturated heterocycles. The van der Waals surface area contributed by atoms with Crippen LogP contribution in [0.2, 0.25) is 0 Å². The molecule has 1 unspecified atom stereocenters. The molecule has 0 saturated carbocycles. The van der Waals surface area contributed by atoms with E-state index in [2.05, 4.69) is 28.8 Å². The minimum absolute atomic E-state index is 0.336. The van der Waals surface area contributed by atoms with Crippen LogP contribution in [0.5, 0.6) is 5.75 Å². The van der Waals surface area contributed by atoms with E-state index >= 15 is 0 Å². The second-order valence-corrected chi connectivity index (χ2v) is 8.79. The Morgan fingerprint density at radius 3 is 3.00 bits per heavy atom. The molecule has 3 aromatic rings. The van der Waals surface area contributed by atoms with Crippen molar-refractivity contribution in [3.8, 4) is 5.75 Å². The number of nitrogens with two attached hydrogens (primary N) is 1. The van der Waals surface area contributed by atoms with Crippen molar-refractivity contribution in [2.24, 2.45) is 16.0 Å². The van der Waals surface area contributed by atoms with Gasteiger partial charge in [0.25, 0.3) is 5.91 Å². The van der Waals surface area contributed by atoms with Crippen molar-refractivity contribution in [1.29, 1.82) is 0 Å². The molecule has 1 aliphatic rings. The molecule has 12 heteroatoms. The lowest BCUT2D eigenvalue weighted by Gasteiger charge is -2.35. The predicted molar refractivity (Wildman–Crippen MR) is 125 cm³/mol. The minimum atomic E-state index is -2.36. The average Bonchev–Trinajstić information content (AvgIpc) is 3.24. The summed E-state index contributed by atoms with van der Waals surface area (Å²) < 4.78 is 26.8. The summed E-state index contributed by atoms with van der Waals surface area (Å²) in [6.45, 7) is 1.72. The number of fused-ring (bicyclic) bond motifs is 1. The van der Waals surface area contributed by atoms with Crippen LogP contribution in [0.3, 0.4) is 0 Å². The number of carbonyl (C=O) groups excluding carboxylic acids is 1. The van der Waals surface area contributed by atoms with Gasteiger partial charge in [-0.05, 0) is 30.2 Å². The van der Waals surface area contributed by atoms with E-state index in [0.29, 0.717) is 25.3 Å². The molecule has 4 rings (SSSR count). The molecule has 2 aromatic heterocycles. The number of benzene rings is 1. The molecular weight excluding hydrogens is 446 g/mol. The number of likely N-dealkylation sites (tertiary alicyclic amines) is 1. The van der Waals surface area contributed by atoms with Crippen molar-refractivity contribution in [3.63, 3.8) is 0 Å². The lowest BCUT2D eigenvalue weighted by Crippen LogP contribution is -2.49. The summed E-state index contributed by atoms with van der Waals surface area (Å²) in [5.74, 6) is 0.376. The fraction of sp³-hybridized carbons (Fsp3) is 0.381. The minimum Gasteiger partial charge on any atom is -0.497 e. The van der Waals surface area contributed by atoms with Gasteiger partial charge in [0.05, 0.1) is 20.1 Å². The van der Waals surface area contributed by atoms with Gasteiger partial charge in [0, 0.05) is 43.6 Å². The Labute approximate surface area is 193 Å². The average molecular weight is 474 g/mol. The molecule has 33 heavy (non-hydrogen) atoms. The van der Waals surface area contributed by atoms with E-state index in [0.717, 1.165) is 29.1 Å². The SMILES string of the molecule is COc1cccc(Nc2ncnn3ccc(CN4CC[C@@H](N)[C@@H](C(=O)N=[SH](=O)OC)C4)c23)c1. The first kappa shape index (κ1) is 23.1. The fourth-order valence-electron chi connectivity index (χ4n) is 3.95. The number of piperidine rings is 1. The summed E-state index contributed by atoms with van der Waals surface area (Å²) in [6, 6.07) is 9.24. The van der Waals surface area contributed by atoms with Gasteiger partial charge in [-0.25, -0.2) is 13.7 Å². The highest BCUT2D eigenvalue weighted by atomic mass is 32.2. The highest BCUT2D eigenvalue weighted by Crippen LogP contribution is 2.27. The zero-order valence-electron chi connectivity index (χ0n) is 18.4. The van der Waals surface area contributed by atoms with Gasteiger partial charge in [0.15, 0.2) is 16.7 Å². The molecule has 3 atom stereocenters. The number of methoxy groups -OCH3 is 1. The predicted octanol–water partition coefficient (Wildman–Crippen LogP) is 1.38. The number of amides is 1. The standard InChI is InChI=1S/C21H27N7O4S/c1-31-16-5-3-4-15(10-16)25-20-19-14(6-9-28(19)24-13-23-20)11-27-8-7-18(22)17(12-27)21(29)26-33(30)32-2/h3-6,9-10,13,17-18,33H,7-8,11-12,22H2,1-2H3,(H,23,24,25)/t17-,18+/m0/s1. The van der Waals surface area contributed by atoms with E-state index in [4.69, 9.17) is 10.5 Å². The van der Waals surface area contributed by atoms with Crippen LogP contribution in [0.15, 0.2) is 47.2 Å². The molecule has 0 spiro atoms. The molecule has 1 aromatic carbocycles. The molecule has 176 valence electrons. The summed E-state index contributed by atoms with van der Waals surface area (Å²) in [5, 5.41) is 7.66. The van der Waals surface area contributed by atoms with Crippen molar-refractivity contribution < 1.29 is 17.9 Å². The Bertz CT molecular complexity index is 1220. The second-order valence-electron chi connectivity index (χ2n) is 7.75. The largest absolute Gasteiger partial charge is 0.497 e. The van der Waals surface area contributed by atoms with Gasteiger partial charge in [-0.3, -0.25) is 13.9 Å². The van der Waals surface area contributed by atoms with Crippen LogP contribution in [0.25, 0.3) is 5.52 Å². The first-order valence-electron chi connectivity index (χ1n) is 10.5.